The first-order valence-electron chi connectivity index (χ1n) is 7.76. The zero-order chi connectivity index (χ0) is 15.1. The Bertz CT molecular complexity index is 538. The summed E-state index contributed by atoms with van der Waals surface area (Å²) < 4.78 is 6.21. The van der Waals surface area contributed by atoms with Gasteiger partial charge in [0.25, 0.3) is 0 Å². The highest BCUT2D eigenvalue weighted by Gasteiger charge is 2.14. The Kier molecular flexibility index (Phi) is 5.68. The van der Waals surface area contributed by atoms with Gasteiger partial charge in [0, 0.05) is 12.2 Å². The Hall–Kier alpha value is -1.96. The molecule has 0 spiro atoms. The van der Waals surface area contributed by atoms with Gasteiger partial charge in [-0.25, -0.2) is 0 Å². The molecule has 0 heterocycles. The SMILES string of the molecule is CCC(CN(CC)c1ccccc1)Oc1ccccc1C. The maximum atomic E-state index is 6.21. The highest BCUT2D eigenvalue weighted by atomic mass is 16.5. The third-order valence-corrected chi connectivity index (χ3v) is 3.77. The Labute approximate surface area is 128 Å². The highest BCUT2D eigenvalue weighted by Crippen LogP contribution is 2.20. The molecule has 2 nitrogen and oxygen atoms in total. The van der Waals surface area contributed by atoms with Gasteiger partial charge in [-0.05, 0) is 44.0 Å². The largest absolute Gasteiger partial charge is 0.488 e. The van der Waals surface area contributed by atoms with Crippen molar-refractivity contribution < 1.29 is 4.74 Å². The van der Waals surface area contributed by atoms with Gasteiger partial charge in [0.05, 0.1) is 6.54 Å². The summed E-state index contributed by atoms with van der Waals surface area (Å²) in [5.41, 5.74) is 2.45. The van der Waals surface area contributed by atoms with E-state index in [0.717, 1.165) is 25.3 Å². The van der Waals surface area contributed by atoms with Crippen LogP contribution in [0.4, 0.5) is 5.69 Å². The average molecular weight is 283 g/mol. The summed E-state index contributed by atoms with van der Waals surface area (Å²) in [4.78, 5) is 2.37. The molecule has 0 N–H and O–H groups in total. The fourth-order valence-electron chi connectivity index (χ4n) is 2.42. The normalized spacial score (nSPS) is 12.0. The quantitative estimate of drug-likeness (QED) is 0.731. The highest BCUT2D eigenvalue weighted by molar-refractivity contribution is 5.46. The van der Waals surface area contributed by atoms with E-state index in [9.17, 15) is 0 Å². The van der Waals surface area contributed by atoms with E-state index in [1.807, 2.05) is 12.1 Å². The maximum Gasteiger partial charge on any atom is 0.122 e. The first-order valence-corrected chi connectivity index (χ1v) is 7.76. The number of ether oxygens (including phenoxy) is 1. The van der Waals surface area contributed by atoms with Gasteiger partial charge in [0.2, 0.25) is 0 Å². The van der Waals surface area contributed by atoms with Crippen LogP contribution in [-0.4, -0.2) is 19.2 Å². The van der Waals surface area contributed by atoms with Crippen LogP contribution in [0, 0.1) is 6.92 Å². The number of aryl methyl sites for hydroxylation is 1. The zero-order valence-corrected chi connectivity index (χ0v) is 13.3. The molecule has 21 heavy (non-hydrogen) atoms. The Morgan fingerprint density at radius 2 is 1.62 bits per heavy atom. The molecular weight excluding hydrogens is 258 g/mol. The van der Waals surface area contributed by atoms with E-state index in [1.165, 1.54) is 11.3 Å². The van der Waals surface area contributed by atoms with E-state index in [-0.39, 0.29) is 6.10 Å². The molecule has 0 fully saturated rings. The van der Waals surface area contributed by atoms with Gasteiger partial charge in [0.1, 0.15) is 11.9 Å². The van der Waals surface area contributed by atoms with Crippen LogP contribution in [0.25, 0.3) is 0 Å². The summed E-state index contributed by atoms with van der Waals surface area (Å²) >= 11 is 0. The van der Waals surface area contributed by atoms with Gasteiger partial charge in [-0.1, -0.05) is 43.3 Å². The van der Waals surface area contributed by atoms with Gasteiger partial charge in [0.15, 0.2) is 0 Å². The van der Waals surface area contributed by atoms with E-state index < -0.39 is 0 Å². The maximum absolute atomic E-state index is 6.21. The molecule has 1 atom stereocenters. The molecule has 0 aliphatic rings. The number of hydrogen-bond acceptors (Lipinski definition) is 2. The summed E-state index contributed by atoms with van der Waals surface area (Å²) in [5.74, 6) is 0.994. The lowest BCUT2D eigenvalue weighted by Gasteiger charge is -2.28. The first kappa shape index (κ1) is 15.4. The summed E-state index contributed by atoms with van der Waals surface area (Å²) in [6.07, 6.45) is 1.20. The van der Waals surface area contributed by atoms with Crippen molar-refractivity contribution in [3.8, 4) is 5.75 Å². The predicted molar refractivity (Wildman–Crippen MR) is 90.2 cm³/mol. The van der Waals surface area contributed by atoms with Crippen molar-refractivity contribution in [2.24, 2.45) is 0 Å². The molecule has 0 radical (unpaired) electrons. The minimum Gasteiger partial charge on any atom is -0.488 e. The van der Waals surface area contributed by atoms with Gasteiger partial charge in [-0.3, -0.25) is 0 Å². The van der Waals surface area contributed by atoms with Crippen molar-refractivity contribution in [1.82, 2.24) is 0 Å². The van der Waals surface area contributed by atoms with Crippen LogP contribution >= 0.6 is 0 Å². The lowest BCUT2D eigenvalue weighted by Crippen LogP contribution is -2.35. The summed E-state index contributed by atoms with van der Waals surface area (Å²) in [7, 11) is 0. The number of nitrogens with zero attached hydrogens (tertiary/aromatic N) is 1. The van der Waals surface area contributed by atoms with E-state index in [1.54, 1.807) is 0 Å². The molecule has 112 valence electrons. The van der Waals surface area contributed by atoms with Crippen molar-refractivity contribution in [1.29, 1.82) is 0 Å². The number of hydrogen-bond donors (Lipinski definition) is 0. The monoisotopic (exact) mass is 283 g/mol. The van der Waals surface area contributed by atoms with Crippen molar-refractivity contribution >= 4 is 5.69 Å². The fourth-order valence-corrected chi connectivity index (χ4v) is 2.42. The van der Waals surface area contributed by atoms with E-state index in [2.05, 4.69) is 68.1 Å². The van der Waals surface area contributed by atoms with Crippen LogP contribution in [0.2, 0.25) is 0 Å². The lowest BCUT2D eigenvalue weighted by molar-refractivity contribution is 0.201. The molecule has 0 bridgehead atoms. The minimum absolute atomic E-state index is 0.200. The Morgan fingerprint density at radius 1 is 0.952 bits per heavy atom. The van der Waals surface area contributed by atoms with Crippen molar-refractivity contribution in [3.05, 3.63) is 60.2 Å². The average Bonchev–Trinajstić information content (AvgIpc) is 2.54. The second-order valence-corrected chi connectivity index (χ2v) is 5.29. The number of anilines is 1. The third-order valence-electron chi connectivity index (χ3n) is 3.77. The van der Waals surface area contributed by atoms with Crippen LogP contribution < -0.4 is 9.64 Å². The first-order chi connectivity index (χ1) is 10.2. The van der Waals surface area contributed by atoms with Crippen molar-refractivity contribution in [2.45, 2.75) is 33.3 Å². The zero-order valence-electron chi connectivity index (χ0n) is 13.3. The van der Waals surface area contributed by atoms with Gasteiger partial charge < -0.3 is 9.64 Å². The van der Waals surface area contributed by atoms with E-state index >= 15 is 0 Å². The number of benzene rings is 2. The van der Waals surface area contributed by atoms with E-state index in [0.29, 0.717) is 0 Å². The molecular formula is C19H25NO. The van der Waals surface area contributed by atoms with Gasteiger partial charge in [-0.15, -0.1) is 0 Å². The Morgan fingerprint density at radius 3 is 2.24 bits per heavy atom. The van der Waals surface area contributed by atoms with Crippen LogP contribution in [0.1, 0.15) is 25.8 Å². The molecule has 0 aliphatic heterocycles. The molecule has 0 saturated heterocycles. The van der Waals surface area contributed by atoms with E-state index in [4.69, 9.17) is 4.74 Å². The molecule has 0 aromatic heterocycles. The molecule has 0 amide bonds. The van der Waals surface area contributed by atoms with Crippen LogP contribution in [0.3, 0.4) is 0 Å². The topological polar surface area (TPSA) is 12.5 Å². The minimum atomic E-state index is 0.200. The number of para-hydroxylation sites is 2. The van der Waals surface area contributed by atoms with Crippen LogP contribution in [-0.2, 0) is 0 Å². The molecule has 0 saturated carbocycles. The standard InChI is InChI=1S/C19H25NO/c1-4-18(21-19-14-10-9-11-16(19)3)15-20(5-2)17-12-7-6-8-13-17/h6-14,18H,4-5,15H2,1-3H3. The second-order valence-electron chi connectivity index (χ2n) is 5.29. The van der Waals surface area contributed by atoms with Crippen LogP contribution in [0.5, 0.6) is 5.75 Å². The predicted octanol–water partition coefficient (Wildman–Crippen LogP) is 4.68. The summed E-state index contributed by atoms with van der Waals surface area (Å²) in [5, 5.41) is 0. The second kappa shape index (κ2) is 7.72. The summed E-state index contributed by atoms with van der Waals surface area (Å²) in [6, 6.07) is 18.8. The van der Waals surface area contributed by atoms with Gasteiger partial charge in [-0.2, -0.15) is 0 Å². The third kappa shape index (κ3) is 4.25. The smallest absolute Gasteiger partial charge is 0.122 e. The molecule has 0 aliphatic carbocycles. The number of rotatable bonds is 7. The van der Waals surface area contributed by atoms with Crippen molar-refractivity contribution in [3.63, 3.8) is 0 Å². The van der Waals surface area contributed by atoms with Gasteiger partial charge >= 0.3 is 0 Å². The van der Waals surface area contributed by atoms with Crippen LogP contribution in [0.15, 0.2) is 54.6 Å². The Balaban J connectivity index is 2.06. The van der Waals surface area contributed by atoms with Crippen molar-refractivity contribution in [2.75, 3.05) is 18.0 Å². The molecule has 2 rings (SSSR count). The lowest BCUT2D eigenvalue weighted by atomic mass is 10.2. The fraction of sp³-hybridized carbons (Fsp3) is 0.368. The molecule has 2 aromatic rings. The molecule has 1 unspecified atom stereocenters. The number of likely N-dealkylation sites (N-methyl/N-ethyl adjacent to an activating group) is 1. The molecule has 2 aromatic carbocycles. The summed E-state index contributed by atoms with van der Waals surface area (Å²) in [6.45, 7) is 8.36. The molecule has 2 heteroatoms.